The lowest BCUT2D eigenvalue weighted by Gasteiger charge is -2.38. The molecule has 26 nitrogen and oxygen atoms in total. The maximum atomic E-state index is 14.4. The summed E-state index contributed by atoms with van der Waals surface area (Å²) >= 11 is 0. The number of anilines is 4. The molecule has 12 heterocycles. The third-order valence-electron chi connectivity index (χ3n) is 24.0. The van der Waals surface area contributed by atoms with Crippen LogP contribution in [0.2, 0.25) is 0 Å². The first-order chi connectivity index (χ1) is 53.3. The first kappa shape index (κ1) is 80.2. The van der Waals surface area contributed by atoms with Crippen LogP contribution in [0.1, 0.15) is 178 Å². The standard InChI is InChI=1S/2C22H31FN6O.2C19H24FN5O/c2*1-14-7-8-15(12-29(14)18(30)6-5-9-28(3)4)27-21-19-16(17-10-22(17,2)23)11-24-20(19)25-13-26-21;2*1-4-15(26)25-9-12(6-5-11(25)2)24-18-16-13(14-7-19(14,3)20)8-21-17(16)22-10-23-18/h2*5-6,11,13-15,17H,7-10,12H2,1-4H3,(H2,24,25,26,27);2*4,8,10-12,14H,1,5-7,9H2,2-3H3,(H2,21,22,23,24)/b2*6-5+;;/t14-,15+,17?,22?;14-,15+,17+,22?;11-,12+,14+,19?;11-,12+,14-,19?/m0000/s1. The minimum Gasteiger partial charge on any atom is -0.365 e. The van der Waals surface area contributed by atoms with E-state index in [4.69, 9.17) is 0 Å². The van der Waals surface area contributed by atoms with E-state index in [0.717, 1.165) is 108 Å². The lowest BCUT2D eigenvalue weighted by molar-refractivity contribution is -0.130. The molecule has 0 aromatic carbocycles. The van der Waals surface area contributed by atoms with E-state index >= 15 is 0 Å². The number of hydrogen-bond acceptors (Lipinski definition) is 18. The van der Waals surface area contributed by atoms with Crippen LogP contribution in [0.25, 0.3) is 44.1 Å². The predicted molar refractivity (Wildman–Crippen MR) is 430 cm³/mol. The van der Waals surface area contributed by atoms with Gasteiger partial charge < -0.3 is 70.6 Å². The number of aromatic amines is 4. The monoisotopic (exact) mass is 1540 g/mol. The Bertz CT molecular complexity index is 4510. The van der Waals surface area contributed by atoms with Crippen LogP contribution in [0.15, 0.2) is 99.7 Å². The molecule has 16 rings (SSSR count). The van der Waals surface area contributed by atoms with Gasteiger partial charge in [0.1, 0.15) is 93.8 Å². The van der Waals surface area contributed by atoms with Gasteiger partial charge in [0.25, 0.3) is 0 Å². The van der Waals surface area contributed by atoms with Gasteiger partial charge >= 0.3 is 0 Å². The first-order valence-electron chi connectivity index (χ1n) is 39.5. The Kier molecular flexibility index (Phi) is 23.4. The Morgan fingerprint density at radius 3 is 0.839 bits per heavy atom. The smallest absolute Gasteiger partial charge is 0.246 e. The second-order valence-electron chi connectivity index (χ2n) is 33.7. The SMILES string of the molecule is C=CC(=O)N1C[C@H](Nc2ncnc3[nH]cc([C@@H]4CC4(C)F)c23)CC[C@@H]1C.C=CC(=O)N1C[C@H](Nc2ncnc3[nH]cc([C@H]4CC4(C)F)c23)CC[C@@H]1C.C[C@H]1CC[C@@H](Nc2ncnc3[nH]cc(C4CC4(C)F)c23)CN1C(=O)/C=C/CN(C)C.C[C@H]1CC[C@@H](Nc2ncnc3[nH]cc([C@H]4CC4(C)F)c23)CN1C(=O)/C=C/CN(C)C. The maximum absolute atomic E-state index is 14.4. The number of H-pyrrole nitrogens is 4. The molecule has 4 saturated heterocycles. The number of amides is 4. The summed E-state index contributed by atoms with van der Waals surface area (Å²) in [7, 11) is 7.90. The molecule has 4 aliphatic heterocycles. The largest absolute Gasteiger partial charge is 0.365 e. The van der Waals surface area contributed by atoms with E-state index in [1.54, 1.807) is 39.8 Å². The average molecular weight is 1540 g/mol. The van der Waals surface area contributed by atoms with E-state index in [1.807, 2.05) is 94.5 Å². The van der Waals surface area contributed by atoms with Crippen molar-refractivity contribution in [3.8, 4) is 0 Å². The second kappa shape index (κ2) is 32.7. The van der Waals surface area contributed by atoms with Crippen molar-refractivity contribution in [1.82, 2.24) is 89.2 Å². The average Bonchev–Trinajstić information content (AvgIpc) is 1.60. The lowest BCUT2D eigenvalue weighted by Crippen LogP contribution is -2.49. The number of likely N-dealkylation sites (N-methyl/N-ethyl adjacent to an activating group) is 2. The van der Waals surface area contributed by atoms with Gasteiger partial charge in [0.2, 0.25) is 23.6 Å². The van der Waals surface area contributed by atoms with Crippen LogP contribution in [0, 0.1) is 0 Å². The van der Waals surface area contributed by atoms with E-state index in [-0.39, 0.29) is 95.6 Å². The molecule has 0 radical (unpaired) electrons. The molecule has 8 N–H and O–H groups in total. The highest BCUT2D eigenvalue weighted by Crippen LogP contribution is 2.59. The molecule has 4 saturated carbocycles. The number of hydrogen-bond donors (Lipinski definition) is 8. The fraction of sp³-hybridized carbons (Fsp3) is 0.561. The molecule has 112 heavy (non-hydrogen) atoms. The number of nitrogens with zero attached hydrogens (tertiary/aromatic N) is 14. The third-order valence-corrected chi connectivity index (χ3v) is 24.0. The van der Waals surface area contributed by atoms with Gasteiger partial charge in [0.05, 0.1) is 21.5 Å². The van der Waals surface area contributed by atoms with E-state index in [2.05, 4.69) is 122 Å². The highest BCUT2D eigenvalue weighted by Gasteiger charge is 2.56. The summed E-state index contributed by atoms with van der Waals surface area (Å²) < 4.78 is 57.2. The minimum absolute atomic E-state index is 0.0391. The number of nitrogens with one attached hydrogen (secondary N) is 8. The number of likely N-dealkylation sites (tertiary alicyclic amines) is 4. The molecule has 8 fully saturated rings. The fourth-order valence-electron chi connectivity index (χ4n) is 16.6. The summed E-state index contributed by atoms with van der Waals surface area (Å²) in [6.45, 7) is 25.9. The van der Waals surface area contributed by atoms with Gasteiger partial charge in [-0.05, 0) is 195 Å². The lowest BCUT2D eigenvalue weighted by atomic mass is 9.98. The Morgan fingerprint density at radius 1 is 0.411 bits per heavy atom. The van der Waals surface area contributed by atoms with Gasteiger partial charge in [0, 0.05) is 148 Å². The molecule has 0 bridgehead atoms. The van der Waals surface area contributed by atoms with Crippen LogP contribution in [0.3, 0.4) is 0 Å². The molecule has 8 aromatic rings. The Morgan fingerprint density at radius 2 is 0.634 bits per heavy atom. The Labute approximate surface area is 651 Å². The van der Waals surface area contributed by atoms with Crippen LogP contribution >= 0.6 is 0 Å². The molecular formula is C82H110F4N22O4. The number of carbonyl (C=O) groups excluding carboxylic acids is 4. The molecule has 5 unspecified atom stereocenters. The van der Waals surface area contributed by atoms with Crippen molar-refractivity contribution in [1.29, 1.82) is 0 Å². The number of fused-ring (bicyclic) bond motifs is 4. The number of piperidine rings is 4. The van der Waals surface area contributed by atoms with Gasteiger partial charge in [-0.25, -0.2) is 57.4 Å². The fourth-order valence-corrected chi connectivity index (χ4v) is 16.6. The van der Waals surface area contributed by atoms with Crippen molar-refractivity contribution in [2.45, 2.75) is 227 Å². The van der Waals surface area contributed by atoms with Gasteiger partial charge in [-0.15, -0.1) is 0 Å². The number of carbonyl (C=O) groups is 4. The molecule has 30 heteroatoms. The van der Waals surface area contributed by atoms with Crippen molar-refractivity contribution < 1.29 is 36.7 Å². The zero-order chi connectivity index (χ0) is 79.9. The maximum Gasteiger partial charge on any atom is 0.246 e. The highest BCUT2D eigenvalue weighted by molar-refractivity contribution is 5.95. The van der Waals surface area contributed by atoms with Gasteiger partial charge in [-0.3, -0.25) is 19.2 Å². The number of alkyl halides is 4. The van der Waals surface area contributed by atoms with Gasteiger partial charge in [-0.2, -0.15) is 0 Å². The molecular weight excluding hydrogens is 1430 g/mol. The van der Waals surface area contributed by atoms with Gasteiger partial charge in [-0.1, -0.05) is 25.3 Å². The van der Waals surface area contributed by atoms with Crippen LogP contribution in [-0.2, 0) is 19.2 Å². The second-order valence-corrected chi connectivity index (χ2v) is 33.7. The number of aromatic nitrogens is 12. The van der Waals surface area contributed by atoms with Crippen LogP contribution in [0.5, 0.6) is 0 Å². The van der Waals surface area contributed by atoms with Crippen molar-refractivity contribution in [2.75, 3.05) is 88.7 Å². The number of halogens is 4. The predicted octanol–water partition coefficient (Wildman–Crippen LogP) is 12.5. The van der Waals surface area contributed by atoms with E-state index in [0.29, 0.717) is 97.7 Å². The molecule has 8 aliphatic rings. The van der Waals surface area contributed by atoms with Gasteiger partial charge in [0.15, 0.2) is 0 Å². The summed E-state index contributed by atoms with van der Waals surface area (Å²) in [5, 5.41) is 17.4. The first-order valence-corrected chi connectivity index (χ1v) is 39.5. The molecule has 16 atom stereocenters. The Hall–Kier alpha value is -9.84. The summed E-state index contributed by atoms with van der Waals surface area (Å²) in [6, 6.07) is 1.15. The zero-order valence-electron chi connectivity index (χ0n) is 66.6. The zero-order valence-corrected chi connectivity index (χ0v) is 66.6. The number of rotatable bonds is 20. The molecule has 4 amide bonds. The van der Waals surface area contributed by atoms with Crippen molar-refractivity contribution in [2.24, 2.45) is 0 Å². The molecule has 600 valence electrons. The summed E-state index contributed by atoms with van der Waals surface area (Å²) in [4.78, 5) is 109. The molecule has 4 aliphatic carbocycles. The summed E-state index contributed by atoms with van der Waals surface area (Å²) in [6.07, 6.45) is 32.8. The third kappa shape index (κ3) is 18.0. The summed E-state index contributed by atoms with van der Waals surface area (Å²) in [5.74, 6) is 2.35. The minimum atomic E-state index is -1.16. The topological polar surface area (TPSA) is 302 Å². The van der Waals surface area contributed by atoms with E-state index < -0.39 is 22.7 Å². The van der Waals surface area contributed by atoms with Crippen molar-refractivity contribution in [3.63, 3.8) is 0 Å². The Balaban J connectivity index is 0.000000131. The normalized spacial score (nSPS) is 30.0. The highest BCUT2D eigenvalue weighted by atomic mass is 19.2. The van der Waals surface area contributed by atoms with E-state index in [9.17, 15) is 36.7 Å². The van der Waals surface area contributed by atoms with E-state index in [1.165, 1.54) is 37.5 Å². The summed E-state index contributed by atoms with van der Waals surface area (Å²) in [5.41, 5.74) is 1.94. The van der Waals surface area contributed by atoms with Crippen LogP contribution in [0.4, 0.5) is 40.8 Å². The van der Waals surface area contributed by atoms with Crippen molar-refractivity contribution in [3.05, 3.63) is 122 Å². The molecule has 8 aromatic heterocycles. The van der Waals surface area contributed by atoms with Crippen LogP contribution < -0.4 is 21.3 Å². The quantitative estimate of drug-likeness (QED) is 0.0260. The van der Waals surface area contributed by atoms with Crippen LogP contribution in [-0.4, -0.2) is 251 Å². The van der Waals surface area contributed by atoms with Crippen molar-refractivity contribution >= 4 is 91.0 Å². The molecule has 0 spiro atoms.